The van der Waals surface area contributed by atoms with Crippen molar-refractivity contribution < 1.29 is 27.8 Å². The minimum atomic E-state index is -4.68. The van der Waals surface area contributed by atoms with Crippen LogP contribution in [-0.2, 0) is 6.18 Å². The molecule has 0 bridgehead atoms. The second-order valence-corrected chi connectivity index (χ2v) is 4.71. The minimum Gasteiger partial charge on any atom is -0.465 e. The predicted octanol–water partition coefficient (Wildman–Crippen LogP) is 2.67. The second kappa shape index (κ2) is 5.74. The molecule has 1 aromatic rings. The molecule has 1 N–H and O–H groups in total. The molecule has 1 aromatic heterocycles. The molecule has 6 nitrogen and oxygen atoms in total. The summed E-state index contributed by atoms with van der Waals surface area (Å²) in [4.78, 5) is 18.8. The van der Waals surface area contributed by atoms with E-state index >= 15 is 0 Å². The average molecular weight is 305 g/mol. The highest BCUT2D eigenvalue weighted by Crippen LogP contribution is 2.28. The molecular weight excluding hydrogens is 291 g/mol. The zero-order chi connectivity index (χ0) is 15.6. The van der Waals surface area contributed by atoms with Crippen LogP contribution in [0.1, 0.15) is 30.8 Å². The number of hydrogen-bond donors (Lipinski definition) is 1. The molecule has 1 atom stereocenters. The van der Waals surface area contributed by atoms with Gasteiger partial charge in [0.1, 0.15) is 0 Å². The number of likely N-dealkylation sites (tertiary alicyclic amines) is 1. The number of aromatic nitrogens is 2. The fourth-order valence-corrected chi connectivity index (χ4v) is 2.11. The number of halogens is 3. The molecule has 1 fully saturated rings. The summed E-state index contributed by atoms with van der Waals surface area (Å²) < 4.78 is 43.3. The minimum absolute atomic E-state index is 0.102. The lowest BCUT2D eigenvalue weighted by molar-refractivity contribution is -0.145. The third kappa shape index (κ3) is 3.73. The van der Waals surface area contributed by atoms with E-state index in [-0.39, 0.29) is 18.1 Å². The summed E-state index contributed by atoms with van der Waals surface area (Å²) in [5, 5.41) is 9.06. The average Bonchev–Trinajstić information content (AvgIpc) is 2.37. The van der Waals surface area contributed by atoms with Gasteiger partial charge in [-0.3, -0.25) is 4.90 Å². The van der Waals surface area contributed by atoms with E-state index in [1.54, 1.807) is 0 Å². The van der Waals surface area contributed by atoms with Crippen molar-refractivity contribution in [2.75, 3.05) is 6.54 Å². The molecule has 1 amide bonds. The molecule has 0 radical (unpaired) electrons. The Balaban J connectivity index is 2.22. The van der Waals surface area contributed by atoms with Gasteiger partial charge in [0, 0.05) is 24.7 Å². The number of piperidine rings is 1. The Labute approximate surface area is 118 Å². The summed E-state index contributed by atoms with van der Waals surface area (Å²) in [6.45, 7) is 1.68. The molecule has 1 unspecified atom stereocenters. The zero-order valence-electron chi connectivity index (χ0n) is 11.2. The molecule has 1 aliphatic heterocycles. The Bertz CT molecular complexity index is 536. The van der Waals surface area contributed by atoms with Gasteiger partial charge in [0.2, 0.25) is 11.7 Å². The molecule has 1 saturated heterocycles. The second-order valence-electron chi connectivity index (χ2n) is 4.71. The maximum Gasteiger partial charge on any atom is 0.451 e. The largest absolute Gasteiger partial charge is 0.465 e. The molecule has 9 heteroatoms. The first kappa shape index (κ1) is 15.3. The third-order valence-electron chi connectivity index (χ3n) is 3.03. The van der Waals surface area contributed by atoms with Crippen molar-refractivity contribution in [2.24, 2.45) is 0 Å². The predicted molar refractivity (Wildman–Crippen MR) is 64.8 cm³/mol. The molecule has 0 spiro atoms. The third-order valence-corrected chi connectivity index (χ3v) is 3.03. The van der Waals surface area contributed by atoms with Crippen molar-refractivity contribution >= 4 is 6.09 Å². The normalized spacial score (nSPS) is 19.4. The fraction of sp³-hybridized carbons (Fsp3) is 0.583. The van der Waals surface area contributed by atoms with Crippen LogP contribution in [0.15, 0.2) is 6.07 Å². The molecule has 0 aliphatic carbocycles. The maximum atomic E-state index is 12.6. The molecular formula is C12H14F3N3O3. The Kier molecular flexibility index (Phi) is 4.19. The van der Waals surface area contributed by atoms with Crippen molar-refractivity contribution in [1.82, 2.24) is 14.9 Å². The van der Waals surface area contributed by atoms with Gasteiger partial charge in [0.15, 0.2) is 6.23 Å². The van der Waals surface area contributed by atoms with E-state index in [9.17, 15) is 18.0 Å². The van der Waals surface area contributed by atoms with Crippen molar-refractivity contribution in [3.63, 3.8) is 0 Å². The van der Waals surface area contributed by atoms with Crippen LogP contribution in [0.5, 0.6) is 5.88 Å². The number of alkyl halides is 3. The number of nitrogens with zero attached hydrogens (tertiary/aromatic N) is 3. The van der Waals surface area contributed by atoms with E-state index in [0.717, 1.165) is 11.3 Å². The van der Waals surface area contributed by atoms with Crippen molar-refractivity contribution in [3.05, 3.63) is 17.6 Å². The number of carbonyl (C=O) groups is 1. The maximum absolute atomic E-state index is 12.6. The highest BCUT2D eigenvalue weighted by atomic mass is 19.4. The first-order valence-electron chi connectivity index (χ1n) is 6.36. The quantitative estimate of drug-likeness (QED) is 0.909. The number of rotatable bonds is 2. The highest BCUT2D eigenvalue weighted by Gasteiger charge is 2.36. The van der Waals surface area contributed by atoms with Crippen molar-refractivity contribution in [1.29, 1.82) is 0 Å². The lowest BCUT2D eigenvalue weighted by atomic mass is 10.1. The molecule has 21 heavy (non-hydrogen) atoms. The number of ether oxygens (including phenoxy) is 1. The van der Waals surface area contributed by atoms with Gasteiger partial charge < -0.3 is 9.84 Å². The Morgan fingerprint density at radius 2 is 2.14 bits per heavy atom. The Morgan fingerprint density at radius 3 is 2.76 bits per heavy atom. The highest BCUT2D eigenvalue weighted by molar-refractivity contribution is 5.65. The summed E-state index contributed by atoms with van der Waals surface area (Å²) in [6, 6.07) is 1.25. The molecule has 2 rings (SSSR count). The smallest absolute Gasteiger partial charge is 0.451 e. The Morgan fingerprint density at radius 1 is 1.43 bits per heavy atom. The number of amides is 1. The lowest BCUT2D eigenvalue weighted by Crippen LogP contribution is -2.46. The summed E-state index contributed by atoms with van der Waals surface area (Å²) in [5.41, 5.74) is 0.102. The van der Waals surface area contributed by atoms with Crippen LogP contribution < -0.4 is 4.74 Å². The first-order chi connectivity index (χ1) is 9.77. The lowest BCUT2D eigenvalue weighted by Gasteiger charge is -2.33. The van der Waals surface area contributed by atoms with Crippen molar-refractivity contribution in [3.8, 4) is 5.88 Å². The SMILES string of the molecule is Cc1cc(OC2CCCCN2C(=O)O)nc(C(F)(F)F)n1. The van der Waals surface area contributed by atoms with E-state index < -0.39 is 24.3 Å². The topological polar surface area (TPSA) is 75.5 Å². The van der Waals surface area contributed by atoms with Gasteiger partial charge in [-0.25, -0.2) is 9.78 Å². The molecule has 2 heterocycles. The van der Waals surface area contributed by atoms with E-state index in [1.807, 2.05) is 0 Å². The zero-order valence-corrected chi connectivity index (χ0v) is 11.2. The van der Waals surface area contributed by atoms with Gasteiger partial charge in [-0.15, -0.1) is 0 Å². The first-order valence-corrected chi connectivity index (χ1v) is 6.36. The van der Waals surface area contributed by atoms with Crippen molar-refractivity contribution in [2.45, 2.75) is 38.6 Å². The van der Waals surface area contributed by atoms with Crippen LogP contribution >= 0.6 is 0 Å². The summed E-state index contributed by atoms with van der Waals surface area (Å²) >= 11 is 0. The van der Waals surface area contributed by atoms with Gasteiger partial charge in [-0.2, -0.15) is 18.2 Å². The number of carboxylic acid groups (broad SMARTS) is 1. The molecule has 1 aliphatic rings. The summed E-state index contributed by atoms with van der Waals surface area (Å²) in [5.74, 6) is -1.57. The van der Waals surface area contributed by atoms with Gasteiger partial charge in [0.25, 0.3) is 0 Å². The monoisotopic (exact) mass is 305 g/mol. The van der Waals surface area contributed by atoms with Gasteiger partial charge in [-0.1, -0.05) is 0 Å². The molecule has 0 aromatic carbocycles. The van der Waals surface area contributed by atoms with Crippen LogP contribution in [-0.4, -0.2) is 38.8 Å². The summed E-state index contributed by atoms with van der Waals surface area (Å²) in [7, 11) is 0. The van der Waals surface area contributed by atoms with Crippen LogP contribution in [0.4, 0.5) is 18.0 Å². The van der Waals surface area contributed by atoms with Crippen LogP contribution in [0, 0.1) is 6.92 Å². The van der Waals surface area contributed by atoms with E-state index in [0.29, 0.717) is 12.8 Å². The van der Waals surface area contributed by atoms with Gasteiger partial charge in [0.05, 0.1) is 0 Å². The fourth-order valence-electron chi connectivity index (χ4n) is 2.11. The van der Waals surface area contributed by atoms with Crippen LogP contribution in [0.2, 0.25) is 0 Å². The van der Waals surface area contributed by atoms with E-state index in [2.05, 4.69) is 9.97 Å². The van der Waals surface area contributed by atoms with Gasteiger partial charge >= 0.3 is 12.3 Å². The number of aryl methyl sites for hydroxylation is 1. The number of hydrogen-bond acceptors (Lipinski definition) is 4. The standard InChI is InChI=1S/C12H14F3N3O3/c1-7-6-8(17-10(16-7)12(13,14)15)21-9-4-2-3-5-18(9)11(19)20/h6,9H,2-5H2,1H3,(H,19,20). The molecule has 116 valence electrons. The van der Waals surface area contributed by atoms with E-state index in [1.165, 1.54) is 13.0 Å². The summed E-state index contributed by atoms with van der Waals surface area (Å²) in [6.07, 6.45) is -4.82. The van der Waals surface area contributed by atoms with Crippen LogP contribution in [0.25, 0.3) is 0 Å². The molecule has 0 saturated carbocycles. The van der Waals surface area contributed by atoms with Crippen LogP contribution in [0.3, 0.4) is 0 Å². The van der Waals surface area contributed by atoms with Gasteiger partial charge in [-0.05, 0) is 19.8 Å². The van der Waals surface area contributed by atoms with E-state index in [4.69, 9.17) is 9.84 Å². The Hall–Kier alpha value is -2.06.